The zero-order chi connectivity index (χ0) is 15.5. The summed E-state index contributed by atoms with van der Waals surface area (Å²) in [6.45, 7) is 7.38. The van der Waals surface area contributed by atoms with E-state index in [0.29, 0.717) is 25.5 Å². The molecule has 1 aromatic carbocycles. The number of carbonyl (C=O) groups excluding carboxylic acids is 1. The highest BCUT2D eigenvalue weighted by Gasteiger charge is 2.45. The summed E-state index contributed by atoms with van der Waals surface area (Å²) in [6, 6.07) is 8.66. The first-order valence-electron chi connectivity index (χ1n) is 7.80. The van der Waals surface area contributed by atoms with E-state index in [4.69, 9.17) is 10.5 Å². The van der Waals surface area contributed by atoms with Crippen molar-refractivity contribution >= 4 is 11.7 Å². The Balaban J connectivity index is 2.15. The Kier molecular flexibility index (Phi) is 4.88. The van der Waals surface area contributed by atoms with Crippen LogP contribution in [0.3, 0.4) is 0 Å². The number of benzene rings is 1. The number of rotatable bonds is 5. The van der Waals surface area contributed by atoms with Crippen molar-refractivity contribution < 1.29 is 9.53 Å². The minimum Gasteiger partial charge on any atom is -0.465 e. The molecular weight excluding hydrogens is 264 g/mol. The summed E-state index contributed by atoms with van der Waals surface area (Å²) < 4.78 is 5.14. The average Bonchev–Trinajstić information content (AvgIpc) is 2.86. The molecule has 1 saturated carbocycles. The van der Waals surface area contributed by atoms with Crippen LogP contribution in [-0.4, -0.2) is 30.7 Å². The van der Waals surface area contributed by atoms with Crippen molar-refractivity contribution in [1.29, 1.82) is 0 Å². The summed E-state index contributed by atoms with van der Waals surface area (Å²) in [4.78, 5) is 14.4. The van der Waals surface area contributed by atoms with E-state index in [-0.39, 0.29) is 5.97 Å². The van der Waals surface area contributed by atoms with E-state index in [1.54, 1.807) is 0 Å². The first-order valence-corrected chi connectivity index (χ1v) is 7.80. The Bertz CT molecular complexity index is 503. The molecule has 1 fully saturated rings. The molecule has 4 nitrogen and oxygen atoms in total. The number of esters is 1. The standard InChI is InChI=1S/C17H26N2O2/c1-4-19(15-9-7-6-8-13(15)3)14-10-11-17(18,12-14)16(20)21-5-2/h6-9,14H,4-5,10-12,18H2,1-3H3. The lowest BCUT2D eigenvalue weighted by atomic mass is 9.98. The van der Waals surface area contributed by atoms with Crippen LogP contribution in [0.5, 0.6) is 0 Å². The van der Waals surface area contributed by atoms with Crippen LogP contribution in [0.15, 0.2) is 24.3 Å². The van der Waals surface area contributed by atoms with Crippen molar-refractivity contribution in [3.63, 3.8) is 0 Å². The van der Waals surface area contributed by atoms with Gasteiger partial charge in [-0.1, -0.05) is 18.2 Å². The lowest BCUT2D eigenvalue weighted by Gasteiger charge is -2.32. The van der Waals surface area contributed by atoms with Crippen LogP contribution in [0.25, 0.3) is 0 Å². The highest BCUT2D eigenvalue weighted by atomic mass is 16.5. The molecule has 0 radical (unpaired) electrons. The first kappa shape index (κ1) is 15.8. The van der Waals surface area contributed by atoms with E-state index < -0.39 is 5.54 Å². The lowest BCUT2D eigenvalue weighted by molar-refractivity contribution is -0.149. The smallest absolute Gasteiger partial charge is 0.326 e. The fourth-order valence-electron chi connectivity index (χ4n) is 3.29. The summed E-state index contributed by atoms with van der Waals surface area (Å²) in [7, 11) is 0. The van der Waals surface area contributed by atoms with Gasteiger partial charge in [-0.15, -0.1) is 0 Å². The van der Waals surface area contributed by atoms with Crippen LogP contribution in [0.4, 0.5) is 5.69 Å². The van der Waals surface area contributed by atoms with Crippen molar-refractivity contribution in [1.82, 2.24) is 0 Å². The fourth-order valence-corrected chi connectivity index (χ4v) is 3.29. The van der Waals surface area contributed by atoms with E-state index >= 15 is 0 Å². The maximum absolute atomic E-state index is 12.1. The van der Waals surface area contributed by atoms with Gasteiger partial charge < -0.3 is 15.4 Å². The predicted octanol–water partition coefficient (Wildman–Crippen LogP) is 2.63. The van der Waals surface area contributed by atoms with Crippen molar-refractivity contribution in [3.8, 4) is 0 Å². The molecular formula is C17H26N2O2. The molecule has 1 aromatic rings. The zero-order valence-corrected chi connectivity index (χ0v) is 13.3. The van der Waals surface area contributed by atoms with Gasteiger partial charge in [-0.05, 0) is 51.7 Å². The summed E-state index contributed by atoms with van der Waals surface area (Å²) in [5.41, 5.74) is 7.95. The maximum Gasteiger partial charge on any atom is 0.326 e. The number of hydrogen-bond donors (Lipinski definition) is 1. The van der Waals surface area contributed by atoms with Gasteiger partial charge in [0.05, 0.1) is 6.61 Å². The van der Waals surface area contributed by atoms with E-state index in [1.807, 2.05) is 13.0 Å². The summed E-state index contributed by atoms with van der Waals surface area (Å²) >= 11 is 0. The number of carbonyl (C=O) groups is 1. The fraction of sp³-hybridized carbons (Fsp3) is 0.588. The highest BCUT2D eigenvalue weighted by molar-refractivity contribution is 5.81. The average molecular weight is 290 g/mol. The van der Waals surface area contributed by atoms with Gasteiger partial charge in [0.25, 0.3) is 0 Å². The van der Waals surface area contributed by atoms with Gasteiger partial charge in [0.15, 0.2) is 0 Å². The largest absolute Gasteiger partial charge is 0.465 e. The second kappa shape index (κ2) is 6.48. The number of hydrogen-bond acceptors (Lipinski definition) is 4. The number of nitrogens with two attached hydrogens (primary N) is 1. The predicted molar refractivity (Wildman–Crippen MR) is 85.4 cm³/mol. The van der Waals surface area contributed by atoms with Crippen LogP contribution in [0.1, 0.15) is 38.7 Å². The van der Waals surface area contributed by atoms with Gasteiger partial charge in [-0.2, -0.15) is 0 Å². The van der Waals surface area contributed by atoms with Crippen LogP contribution < -0.4 is 10.6 Å². The van der Waals surface area contributed by atoms with Crippen molar-refractivity contribution in [2.24, 2.45) is 5.73 Å². The van der Waals surface area contributed by atoms with Gasteiger partial charge in [0, 0.05) is 18.3 Å². The van der Waals surface area contributed by atoms with Crippen LogP contribution in [0, 0.1) is 6.92 Å². The molecule has 116 valence electrons. The number of nitrogens with zero attached hydrogens (tertiary/aromatic N) is 1. The molecule has 0 aromatic heterocycles. The van der Waals surface area contributed by atoms with Crippen LogP contribution >= 0.6 is 0 Å². The molecule has 2 N–H and O–H groups in total. The SMILES string of the molecule is CCOC(=O)C1(N)CCC(N(CC)c2ccccc2C)C1. The lowest BCUT2D eigenvalue weighted by Crippen LogP contribution is -2.48. The molecule has 2 unspecified atom stereocenters. The molecule has 1 aliphatic rings. The molecule has 0 aliphatic heterocycles. The maximum atomic E-state index is 12.1. The third-order valence-electron chi connectivity index (χ3n) is 4.41. The molecule has 2 atom stereocenters. The molecule has 4 heteroatoms. The number of ether oxygens (including phenoxy) is 1. The van der Waals surface area contributed by atoms with Gasteiger partial charge in [0.2, 0.25) is 0 Å². The Hall–Kier alpha value is -1.55. The number of anilines is 1. The molecule has 21 heavy (non-hydrogen) atoms. The Morgan fingerprint density at radius 3 is 2.76 bits per heavy atom. The minimum absolute atomic E-state index is 0.256. The summed E-state index contributed by atoms with van der Waals surface area (Å²) in [5, 5.41) is 0. The third-order valence-corrected chi connectivity index (χ3v) is 4.41. The Labute approximate surface area is 127 Å². The van der Waals surface area contributed by atoms with Crippen molar-refractivity contribution in [2.75, 3.05) is 18.1 Å². The van der Waals surface area contributed by atoms with Crippen molar-refractivity contribution in [3.05, 3.63) is 29.8 Å². The minimum atomic E-state index is -0.823. The first-order chi connectivity index (χ1) is 10.0. The molecule has 0 spiro atoms. The summed E-state index contributed by atoms with van der Waals surface area (Å²) in [6.07, 6.45) is 2.28. The van der Waals surface area contributed by atoms with Crippen molar-refractivity contribution in [2.45, 2.75) is 51.6 Å². The van der Waals surface area contributed by atoms with Gasteiger partial charge in [0.1, 0.15) is 5.54 Å². The molecule has 0 saturated heterocycles. The van der Waals surface area contributed by atoms with E-state index in [9.17, 15) is 4.79 Å². The number of aryl methyl sites for hydroxylation is 1. The second-order valence-electron chi connectivity index (χ2n) is 5.85. The Morgan fingerprint density at radius 2 is 2.14 bits per heavy atom. The monoisotopic (exact) mass is 290 g/mol. The molecule has 0 heterocycles. The van der Waals surface area contributed by atoms with Crippen LogP contribution in [-0.2, 0) is 9.53 Å². The van der Waals surface area contributed by atoms with E-state index in [1.165, 1.54) is 11.3 Å². The van der Waals surface area contributed by atoms with Gasteiger partial charge in [-0.3, -0.25) is 4.79 Å². The third kappa shape index (κ3) is 3.21. The summed E-state index contributed by atoms with van der Waals surface area (Å²) in [5.74, 6) is -0.256. The molecule has 0 amide bonds. The van der Waals surface area contributed by atoms with Crippen LogP contribution in [0.2, 0.25) is 0 Å². The second-order valence-corrected chi connectivity index (χ2v) is 5.85. The quantitative estimate of drug-likeness (QED) is 0.847. The van der Waals surface area contributed by atoms with E-state index in [0.717, 1.165) is 13.0 Å². The Morgan fingerprint density at radius 1 is 1.43 bits per heavy atom. The van der Waals surface area contributed by atoms with E-state index in [2.05, 4.69) is 36.9 Å². The van der Waals surface area contributed by atoms with Gasteiger partial charge in [-0.25, -0.2) is 0 Å². The van der Waals surface area contributed by atoms with Gasteiger partial charge >= 0.3 is 5.97 Å². The highest BCUT2D eigenvalue weighted by Crippen LogP contribution is 2.35. The molecule has 1 aliphatic carbocycles. The molecule has 0 bridgehead atoms. The normalized spacial score (nSPS) is 24.9. The number of para-hydroxylation sites is 1. The molecule has 2 rings (SSSR count). The zero-order valence-electron chi connectivity index (χ0n) is 13.3. The topological polar surface area (TPSA) is 55.6 Å².